The lowest BCUT2D eigenvalue weighted by Crippen LogP contribution is -2.32. The van der Waals surface area contributed by atoms with Crippen molar-refractivity contribution in [2.45, 2.75) is 96.8 Å². The molecule has 0 atom stereocenters. The summed E-state index contributed by atoms with van der Waals surface area (Å²) < 4.78 is 37.4. The summed E-state index contributed by atoms with van der Waals surface area (Å²) in [5.74, 6) is 0.888. The van der Waals surface area contributed by atoms with Crippen LogP contribution in [0.15, 0.2) is 83.8 Å². The van der Waals surface area contributed by atoms with Crippen LogP contribution >= 0.6 is 0 Å². The van der Waals surface area contributed by atoms with E-state index in [9.17, 15) is 18.5 Å². The number of hydrogen-bond acceptors (Lipinski definition) is 6. The van der Waals surface area contributed by atoms with Crippen LogP contribution in [-0.4, -0.2) is 21.1 Å². The Labute approximate surface area is 303 Å². The number of carbonyl (C=O) groups is 1. The number of sulfonamides is 1. The number of urea groups is 1. The fraction of sp³-hybridized carbons (Fsp3) is 0.366. The van der Waals surface area contributed by atoms with Crippen molar-refractivity contribution < 1.29 is 17.9 Å². The van der Waals surface area contributed by atoms with Crippen LogP contribution in [0.3, 0.4) is 0 Å². The van der Waals surface area contributed by atoms with Crippen molar-refractivity contribution >= 4 is 44.5 Å². The van der Waals surface area contributed by atoms with Gasteiger partial charge in [0.2, 0.25) is 0 Å². The van der Waals surface area contributed by atoms with Gasteiger partial charge in [-0.3, -0.25) is 9.62 Å². The van der Waals surface area contributed by atoms with Crippen LogP contribution in [0.4, 0.5) is 33.2 Å². The summed E-state index contributed by atoms with van der Waals surface area (Å²) >= 11 is 0. The van der Waals surface area contributed by atoms with Crippen molar-refractivity contribution in [3.8, 4) is 11.8 Å². The second kappa shape index (κ2) is 17.3. The number of ether oxygens (including phenoxy) is 1. The first kappa shape index (κ1) is 38.8. The summed E-state index contributed by atoms with van der Waals surface area (Å²) in [6, 6.07) is 24.2. The Bertz CT molecular complexity index is 1920. The van der Waals surface area contributed by atoms with Gasteiger partial charge in [-0.1, -0.05) is 79.9 Å². The SMILES string of the molecule is CCCCCCOc1ccc(Nc2ccc(NS(=O)(=O)c3c(C(C)C)cc(C(C)C)cc3C(C)C)cc2N(C(N)=O)c2ccc(C#N)cc2)cc1. The largest absolute Gasteiger partial charge is 0.494 e. The fourth-order valence-electron chi connectivity index (χ4n) is 5.87. The topological polar surface area (TPSA) is 138 Å². The second-order valence-corrected chi connectivity index (χ2v) is 15.3. The smallest absolute Gasteiger partial charge is 0.323 e. The van der Waals surface area contributed by atoms with Gasteiger partial charge in [-0.25, -0.2) is 13.2 Å². The predicted octanol–water partition coefficient (Wildman–Crippen LogP) is 10.6. The molecule has 9 nitrogen and oxygen atoms in total. The van der Waals surface area contributed by atoms with Crippen LogP contribution in [-0.2, 0) is 10.0 Å². The van der Waals surface area contributed by atoms with E-state index in [-0.39, 0.29) is 28.3 Å². The minimum atomic E-state index is -4.09. The fourth-order valence-corrected chi connectivity index (χ4v) is 7.62. The maximum absolute atomic E-state index is 14.3. The summed E-state index contributed by atoms with van der Waals surface area (Å²) in [4.78, 5) is 14.7. The molecule has 0 heterocycles. The summed E-state index contributed by atoms with van der Waals surface area (Å²) in [7, 11) is -4.09. The van der Waals surface area contributed by atoms with Crippen LogP contribution in [0, 0.1) is 11.3 Å². The van der Waals surface area contributed by atoms with Crippen molar-refractivity contribution in [1.82, 2.24) is 0 Å². The number of unbranched alkanes of at least 4 members (excludes halogenated alkanes) is 3. The highest BCUT2D eigenvalue weighted by molar-refractivity contribution is 7.92. The van der Waals surface area contributed by atoms with E-state index in [0.717, 1.165) is 47.4 Å². The highest BCUT2D eigenvalue weighted by Gasteiger charge is 2.28. The number of amides is 2. The maximum atomic E-state index is 14.3. The number of carbonyl (C=O) groups excluding carboxylic acids is 1. The standard InChI is InChI=1S/C41H51N5O4S/c1-8-9-10-11-22-50-35-19-14-32(15-20-35)44-38-21-16-33(25-39(38)46(41(43)47)34-17-12-30(26-42)13-18-34)45-51(48,49)40-36(28(4)5)23-31(27(2)3)24-37(40)29(6)7/h12-21,23-25,27-29,44-45H,8-11,22H2,1-7H3,(H2,43,47). The van der Waals surface area contributed by atoms with Crippen LogP contribution in [0.2, 0.25) is 0 Å². The Hall–Kier alpha value is -5.01. The van der Waals surface area contributed by atoms with Crippen molar-refractivity contribution in [3.05, 3.63) is 101 Å². The molecule has 270 valence electrons. The Balaban J connectivity index is 1.77. The summed E-state index contributed by atoms with van der Waals surface area (Å²) in [5, 5.41) is 12.7. The number of anilines is 5. The number of hydrogen-bond donors (Lipinski definition) is 3. The van der Waals surface area contributed by atoms with E-state index >= 15 is 0 Å². The molecule has 0 bridgehead atoms. The Morgan fingerprint density at radius 1 is 0.824 bits per heavy atom. The highest BCUT2D eigenvalue weighted by Crippen LogP contribution is 2.39. The molecule has 0 aromatic heterocycles. The number of nitrogens with one attached hydrogen (secondary N) is 2. The summed E-state index contributed by atoms with van der Waals surface area (Å²) in [6.07, 6.45) is 4.47. The summed E-state index contributed by atoms with van der Waals surface area (Å²) in [5.41, 5.74) is 11.2. The van der Waals surface area contributed by atoms with Gasteiger partial charge in [0, 0.05) is 5.69 Å². The number of benzene rings is 4. The second-order valence-electron chi connectivity index (χ2n) is 13.7. The Morgan fingerprint density at radius 3 is 1.96 bits per heavy atom. The molecule has 4 aromatic carbocycles. The maximum Gasteiger partial charge on any atom is 0.323 e. The number of primary amides is 1. The van der Waals surface area contributed by atoms with E-state index in [1.807, 2.05) is 64.1 Å². The molecule has 51 heavy (non-hydrogen) atoms. The van der Waals surface area contributed by atoms with E-state index in [4.69, 9.17) is 10.5 Å². The minimum absolute atomic E-state index is 0.0468. The van der Waals surface area contributed by atoms with Gasteiger partial charge in [-0.2, -0.15) is 5.26 Å². The molecule has 4 N–H and O–H groups in total. The Kier molecular flexibility index (Phi) is 13.1. The van der Waals surface area contributed by atoms with Crippen LogP contribution in [0.5, 0.6) is 5.75 Å². The van der Waals surface area contributed by atoms with E-state index < -0.39 is 16.1 Å². The zero-order chi connectivity index (χ0) is 37.3. The highest BCUT2D eigenvalue weighted by atomic mass is 32.2. The molecule has 0 saturated heterocycles. The molecule has 4 aromatic rings. The summed E-state index contributed by atoms with van der Waals surface area (Å²) in [6.45, 7) is 15.0. The van der Waals surface area contributed by atoms with Gasteiger partial charge in [0.1, 0.15) is 5.75 Å². The van der Waals surface area contributed by atoms with Crippen molar-refractivity contribution in [2.75, 3.05) is 21.5 Å². The van der Waals surface area contributed by atoms with Crippen LogP contribution in [0.1, 0.15) is 114 Å². The van der Waals surface area contributed by atoms with Gasteiger partial charge in [0.25, 0.3) is 10.0 Å². The van der Waals surface area contributed by atoms with E-state index in [2.05, 4.69) is 36.9 Å². The molecular weight excluding hydrogens is 659 g/mol. The first-order chi connectivity index (χ1) is 24.2. The quantitative estimate of drug-likeness (QED) is 0.0990. The zero-order valence-electron chi connectivity index (χ0n) is 30.8. The lowest BCUT2D eigenvalue weighted by molar-refractivity contribution is 0.256. The van der Waals surface area contributed by atoms with Crippen LogP contribution in [0.25, 0.3) is 0 Å². The lowest BCUT2D eigenvalue weighted by atomic mass is 9.89. The number of nitrogens with two attached hydrogens (primary N) is 1. The molecule has 0 aliphatic carbocycles. The molecule has 0 aliphatic rings. The van der Waals surface area contributed by atoms with Gasteiger partial charge >= 0.3 is 6.03 Å². The first-order valence-electron chi connectivity index (χ1n) is 17.7. The molecule has 0 radical (unpaired) electrons. The average Bonchev–Trinajstić information content (AvgIpc) is 3.09. The predicted molar refractivity (Wildman–Crippen MR) is 208 cm³/mol. The normalized spacial score (nSPS) is 11.5. The van der Waals surface area contributed by atoms with Crippen molar-refractivity contribution in [2.24, 2.45) is 5.73 Å². The molecule has 0 saturated carbocycles. The first-order valence-corrected chi connectivity index (χ1v) is 19.2. The third kappa shape index (κ3) is 9.83. The van der Waals surface area contributed by atoms with Crippen molar-refractivity contribution in [1.29, 1.82) is 5.26 Å². The number of nitriles is 1. The third-order valence-electron chi connectivity index (χ3n) is 8.71. The van der Waals surface area contributed by atoms with Gasteiger partial charge in [-0.05, 0) is 108 Å². The zero-order valence-corrected chi connectivity index (χ0v) is 31.6. The van der Waals surface area contributed by atoms with E-state index in [0.29, 0.717) is 29.2 Å². The molecule has 10 heteroatoms. The van der Waals surface area contributed by atoms with Gasteiger partial charge in [0.15, 0.2) is 0 Å². The molecule has 0 spiro atoms. The molecule has 2 amide bonds. The Morgan fingerprint density at radius 2 is 1.43 bits per heavy atom. The molecule has 0 unspecified atom stereocenters. The molecule has 0 aliphatic heterocycles. The third-order valence-corrected chi connectivity index (χ3v) is 10.2. The van der Waals surface area contributed by atoms with Gasteiger partial charge in [-0.15, -0.1) is 0 Å². The minimum Gasteiger partial charge on any atom is -0.494 e. The van der Waals surface area contributed by atoms with E-state index in [1.165, 1.54) is 11.3 Å². The lowest BCUT2D eigenvalue weighted by Gasteiger charge is -2.26. The molecular formula is C41H51N5O4S. The number of nitrogens with zero attached hydrogens (tertiary/aromatic N) is 2. The van der Waals surface area contributed by atoms with Gasteiger partial charge < -0.3 is 15.8 Å². The molecule has 4 rings (SSSR count). The average molecular weight is 710 g/mol. The number of rotatable bonds is 16. The van der Waals surface area contributed by atoms with Gasteiger partial charge in [0.05, 0.1) is 45.9 Å². The van der Waals surface area contributed by atoms with E-state index in [1.54, 1.807) is 42.5 Å². The monoisotopic (exact) mass is 709 g/mol. The van der Waals surface area contributed by atoms with Crippen molar-refractivity contribution in [3.63, 3.8) is 0 Å². The van der Waals surface area contributed by atoms with Crippen LogP contribution < -0.4 is 25.4 Å². The molecule has 0 fully saturated rings.